The van der Waals surface area contributed by atoms with Crippen molar-refractivity contribution < 1.29 is 14.3 Å². The highest BCUT2D eigenvalue weighted by Crippen LogP contribution is 2.40. The first-order valence-corrected chi connectivity index (χ1v) is 12.9. The molecular formula is C28H33N7O3. The molecule has 0 spiro atoms. The zero-order valence-electron chi connectivity index (χ0n) is 22.0. The van der Waals surface area contributed by atoms with E-state index >= 15 is 0 Å². The molecule has 2 fully saturated rings. The fourth-order valence-electron chi connectivity index (χ4n) is 5.41. The van der Waals surface area contributed by atoms with Crippen LogP contribution in [-0.2, 0) is 16.1 Å². The minimum Gasteiger partial charge on any atom is -0.383 e. The summed E-state index contributed by atoms with van der Waals surface area (Å²) in [5, 5.41) is 7.76. The Hall–Kier alpha value is -4.10. The van der Waals surface area contributed by atoms with Crippen LogP contribution in [0.15, 0.2) is 30.9 Å². The average Bonchev–Trinajstić information content (AvgIpc) is 3.40. The Morgan fingerprint density at radius 3 is 2.74 bits per heavy atom. The molecule has 2 aromatic heterocycles. The van der Waals surface area contributed by atoms with Gasteiger partial charge in [-0.1, -0.05) is 12.5 Å². The topological polar surface area (TPSA) is 120 Å². The van der Waals surface area contributed by atoms with E-state index < -0.39 is 5.91 Å². The molecule has 1 aliphatic carbocycles. The molecule has 2 amide bonds. The standard InChI is InChI=1S/C28H33N7O3/c1-5-24(36)34-15-19(14-20(34)16-38-4)35-28(30-3)25(26(29)37)21(32-35)11-7-17-8-12-23-22(13-17)31-27(18-9-10-18)33(23)6-2/h5,8,12-13,18-20,30H,1,6,9-10,14-16H2,2-4H3,(H2,29,37)/t19-,20+/m0/s1. The molecule has 2 aliphatic rings. The molecule has 10 nitrogen and oxygen atoms in total. The van der Waals surface area contributed by atoms with Crippen LogP contribution >= 0.6 is 0 Å². The average molecular weight is 516 g/mol. The first-order chi connectivity index (χ1) is 18.4. The molecule has 0 radical (unpaired) electrons. The number of likely N-dealkylation sites (tertiary alicyclic amines) is 1. The summed E-state index contributed by atoms with van der Waals surface area (Å²) in [4.78, 5) is 31.5. The van der Waals surface area contributed by atoms with Crippen molar-refractivity contribution in [1.82, 2.24) is 24.2 Å². The van der Waals surface area contributed by atoms with Crippen LogP contribution in [-0.4, -0.2) is 69.4 Å². The smallest absolute Gasteiger partial charge is 0.255 e. The lowest BCUT2D eigenvalue weighted by molar-refractivity contribution is -0.127. The van der Waals surface area contributed by atoms with E-state index in [1.807, 2.05) is 18.2 Å². The predicted molar refractivity (Wildman–Crippen MR) is 145 cm³/mol. The molecule has 1 aromatic carbocycles. The minimum absolute atomic E-state index is 0.133. The summed E-state index contributed by atoms with van der Waals surface area (Å²) in [5.74, 6) is 7.60. The first kappa shape index (κ1) is 25.5. The van der Waals surface area contributed by atoms with E-state index in [1.165, 1.54) is 18.9 Å². The summed E-state index contributed by atoms with van der Waals surface area (Å²) in [7, 11) is 3.31. The number of aryl methyl sites for hydroxylation is 1. The molecule has 0 bridgehead atoms. The van der Waals surface area contributed by atoms with E-state index in [1.54, 1.807) is 23.7 Å². The summed E-state index contributed by atoms with van der Waals surface area (Å²) in [6.45, 7) is 7.42. The van der Waals surface area contributed by atoms with Gasteiger partial charge in [-0.3, -0.25) is 9.59 Å². The van der Waals surface area contributed by atoms with Crippen molar-refractivity contribution >= 4 is 28.7 Å². The Bertz CT molecular complexity index is 1470. The Labute approximate surface area is 221 Å². The van der Waals surface area contributed by atoms with Crippen LogP contribution in [0.4, 0.5) is 5.82 Å². The third-order valence-electron chi connectivity index (χ3n) is 7.31. The van der Waals surface area contributed by atoms with Gasteiger partial charge in [-0.15, -0.1) is 0 Å². The van der Waals surface area contributed by atoms with E-state index in [2.05, 4.69) is 35.2 Å². The number of carbonyl (C=O) groups excluding carboxylic acids is 2. The highest BCUT2D eigenvalue weighted by Gasteiger charge is 2.38. The second-order valence-corrected chi connectivity index (χ2v) is 9.77. The number of fused-ring (bicyclic) bond motifs is 1. The molecule has 1 aliphatic heterocycles. The number of nitrogens with two attached hydrogens (primary N) is 1. The van der Waals surface area contributed by atoms with Crippen LogP contribution in [0.3, 0.4) is 0 Å². The van der Waals surface area contributed by atoms with Gasteiger partial charge in [0.1, 0.15) is 17.2 Å². The number of benzene rings is 1. The Morgan fingerprint density at radius 1 is 1.32 bits per heavy atom. The number of carbonyl (C=O) groups is 2. The van der Waals surface area contributed by atoms with E-state index in [4.69, 9.17) is 20.6 Å². The Balaban J connectivity index is 1.50. The lowest BCUT2D eigenvalue weighted by atomic mass is 10.1. The van der Waals surface area contributed by atoms with Gasteiger partial charge in [0.25, 0.3) is 5.91 Å². The van der Waals surface area contributed by atoms with Crippen LogP contribution in [0.1, 0.15) is 65.6 Å². The maximum Gasteiger partial charge on any atom is 0.255 e. The highest BCUT2D eigenvalue weighted by molar-refractivity contribution is 6.00. The van der Waals surface area contributed by atoms with Gasteiger partial charge in [0, 0.05) is 38.7 Å². The molecule has 2 atom stereocenters. The number of hydrogen-bond acceptors (Lipinski definition) is 6. The fraction of sp³-hybridized carbons (Fsp3) is 0.429. The minimum atomic E-state index is -0.624. The van der Waals surface area contributed by atoms with Gasteiger partial charge in [0.15, 0.2) is 5.69 Å². The summed E-state index contributed by atoms with van der Waals surface area (Å²) < 4.78 is 9.32. The van der Waals surface area contributed by atoms with Gasteiger partial charge in [-0.05, 0) is 56.4 Å². The lowest BCUT2D eigenvalue weighted by Crippen LogP contribution is -2.37. The third-order valence-corrected chi connectivity index (χ3v) is 7.31. The molecule has 10 heteroatoms. The molecular weight excluding hydrogens is 482 g/mol. The molecule has 5 rings (SSSR count). The first-order valence-electron chi connectivity index (χ1n) is 12.9. The highest BCUT2D eigenvalue weighted by atomic mass is 16.5. The fourth-order valence-corrected chi connectivity index (χ4v) is 5.41. The Kier molecular flexibility index (Phi) is 6.95. The molecule has 0 unspecified atom stereocenters. The number of hydrogen-bond donors (Lipinski definition) is 2. The number of nitrogens with one attached hydrogen (secondary N) is 1. The number of anilines is 1. The third kappa shape index (κ3) is 4.54. The quantitative estimate of drug-likeness (QED) is 0.352. The number of primary amides is 1. The van der Waals surface area contributed by atoms with E-state index in [-0.39, 0.29) is 29.2 Å². The lowest BCUT2D eigenvalue weighted by Gasteiger charge is -2.22. The molecule has 1 saturated carbocycles. The molecule has 1 saturated heterocycles. The maximum absolute atomic E-state index is 12.5. The number of amides is 2. The van der Waals surface area contributed by atoms with Crippen molar-refractivity contribution in [2.75, 3.05) is 32.6 Å². The number of imidazole rings is 1. The number of rotatable bonds is 8. The van der Waals surface area contributed by atoms with Crippen LogP contribution in [0.5, 0.6) is 0 Å². The van der Waals surface area contributed by atoms with Crippen molar-refractivity contribution in [3.8, 4) is 11.8 Å². The number of methoxy groups -OCH3 is 1. The maximum atomic E-state index is 12.5. The van der Waals surface area contributed by atoms with Crippen molar-refractivity contribution in [2.45, 2.75) is 50.7 Å². The predicted octanol–water partition coefficient (Wildman–Crippen LogP) is 2.64. The summed E-state index contributed by atoms with van der Waals surface area (Å²) in [6.07, 6.45) is 4.28. The normalized spacial score (nSPS) is 18.9. The number of aromatic nitrogens is 4. The summed E-state index contributed by atoms with van der Waals surface area (Å²) >= 11 is 0. The second-order valence-electron chi connectivity index (χ2n) is 9.77. The van der Waals surface area contributed by atoms with Crippen LogP contribution in [0.2, 0.25) is 0 Å². The van der Waals surface area contributed by atoms with Crippen molar-refractivity contribution in [3.05, 3.63) is 53.5 Å². The van der Waals surface area contributed by atoms with Gasteiger partial charge in [-0.25, -0.2) is 9.67 Å². The zero-order chi connectivity index (χ0) is 27.0. The van der Waals surface area contributed by atoms with Crippen LogP contribution in [0, 0.1) is 11.8 Å². The SMILES string of the molecule is C=CC(=O)N1C[C@@H](n2nc(C#Cc3ccc4c(c3)nc(C3CC3)n4CC)c(C(N)=O)c2NC)C[C@@H]1COC. The second kappa shape index (κ2) is 10.3. The molecule has 3 N–H and O–H groups in total. The van der Waals surface area contributed by atoms with Gasteiger partial charge in [0.05, 0.1) is 29.7 Å². The van der Waals surface area contributed by atoms with Gasteiger partial charge < -0.3 is 25.3 Å². The van der Waals surface area contributed by atoms with E-state index in [9.17, 15) is 9.59 Å². The molecule has 38 heavy (non-hydrogen) atoms. The van der Waals surface area contributed by atoms with Gasteiger partial charge >= 0.3 is 0 Å². The molecule has 3 aromatic rings. The molecule has 198 valence electrons. The van der Waals surface area contributed by atoms with Gasteiger partial charge in [0.2, 0.25) is 5.91 Å². The van der Waals surface area contributed by atoms with Crippen molar-refractivity contribution in [2.24, 2.45) is 5.73 Å². The number of ether oxygens (including phenoxy) is 1. The van der Waals surface area contributed by atoms with E-state index in [0.29, 0.717) is 31.3 Å². The largest absolute Gasteiger partial charge is 0.383 e. The summed E-state index contributed by atoms with van der Waals surface area (Å²) in [5.41, 5.74) is 9.09. The van der Waals surface area contributed by atoms with Crippen LogP contribution in [0.25, 0.3) is 11.0 Å². The van der Waals surface area contributed by atoms with Crippen molar-refractivity contribution in [3.63, 3.8) is 0 Å². The molecule has 3 heterocycles. The van der Waals surface area contributed by atoms with Crippen LogP contribution < -0.4 is 11.1 Å². The van der Waals surface area contributed by atoms with E-state index in [0.717, 1.165) is 29.0 Å². The monoisotopic (exact) mass is 515 g/mol. The summed E-state index contributed by atoms with van der Waals surface area (Å²) in [6, 6.07) is 5.67. The van der Waals surface area contributed by atoms with Crippen molar-refractivity contribution in [1.29, 1.82) is 0 Å². The Morgan fingerprint density at radius 2 is 2.11 bits per heavy atom. The van der Waals surface area contributed by atoms with Gasteiger partial charge in [-0.2, -0.15) is 5.10 Å². The number of nitrogens with zero attached hydrogens (tertiary/aromatic N) is 5. The zero-order valence-corrected chi connectivity index (χ0v) is 22.0.